The normalized spacial score (nSPS) is 12.6. The highest BCUT2D eigenvalue weighted by Crippen LogP contribution is 2.38. The predicted octanol–water partition coefficient (Wildman–Crippen LogP) is 3.30. The number of rotatable bonds is 5. The van der Waals surface area contributed by atoms with Crippen LogP contribution in [0.1, 0.15) is 11.3 Å². The lowest BCUT2D eigenvalue weighted by Gasteiger charge is -2.13. The van der Waals surface area contributed by atoms with E-state index in [9.17, 15) is 0 Å². The number of aryl methyl sites for hydroxylation is 1. The van der Waals surface area contributed by atoms with Crippen molar-refractivity contribution in [2.75, 3.05) is 21.0 Å². The second-order valence-electron chi connectivity index (χ2n) is 5.51. The van der Waals surface area contributed by atoms with Crippen molar-refractivity contribution in [2.45, 2.75) is 17.8 Å². The van der Waals surface area contributed by atoms with Crippen molar-refractivity contribution in [3.63, 3.8) is 0 Å². The Labute approximate surface area is 148 Å². The minimum Gasteiger partial charge on any atom is -0.492 e. The van der Waals surface area contributed by atoms with Gasteiger partial charge in [-0.25, -0.2) is 4.98 Å². The molecular formula is C17H17N3O4S. The summed E-state index contributed by atoms with van der Waals surface area (Å²) in [5, 5.41) is 0.794. The van der Waals surface area contributed by atoms with E-state index in [1.54, 1.807) is 32.2 Å². The van der Waals surface area contributed by atoms with Gasteiger partial charge >= 0.3 is 0 Å². The molecule has 0 bridgehead atoms. The Balaban J connectivity index is 1.58. The number of H-pyrrole nitrogens is 1. The van der Waals surface area contributed by atoms with Gasteiger partial charge in [0.15, 0.2) is 28.2 Å². The molecule has 0 radical (unpaired) electrons. The van der Waals surface area contributed by atoms with Gasteiger partial charge in [-0.15, -0.1) is 0 Å². The number of pyridine rings is 1. The van der Waals surface area contributed by atoms with Crippen LogP contribution in [0, 0.1) is 6.92 Å². The molecule has 1 aromatic carbocycles. The van der Waals surface area contributed by atoms with E-state index in [-0.39, 0.29) is 6.79 Å². The lowest BCUT2D eigenvalue weighted by molar-refractivity contribution is 0.174. The molecule has 0 amide bonds. The minimum atomic E-state index is 0.254. The number of aromatic amines is 1. The number of thioether (sulfide) groups is 1. The fourth-order valence-electron chi connectivity index (χ4n) is 2.75. The molecule has 8 heteroatoms. The first-order valence-electron chi connectivity index (χ1n) is 7.68. The number of fused-ring (bicyclic) bond motifs is 2. The summed E-state index contributed by atoms with van der Waals surface area (Å²) in [5.41, 5.74) is 3.50. The maximum Gasteiger partial charge on any atom is 0.231 e. The molecule has 130 valence electrons. The zero-order chi connectivity index (χ0) is 17.4. The first kappa shape index (κ1) is 15.9. The van der Waals surface area contributed by atoms with Crippen LogP contribution < -0.4 is 18.9 Å². The zero-order valence-corrected chi connectivity index (χ0v) is 14.9. The zero-order valence-electron chi connectivity index (χ0n) is 14.1. The van der Waals surface area contributed by atoms with E-state index in [1.807, 2.05) is 19.1 Å². The van der Waals surface area contributed by atoms with Crippen LogP contribution in [0.2, 0.25) is 0 Å². The van der Waals surface area contributed by atoms with Crippen LogP contribution >= 0.6 is 11.8 Å². The minimum absolute atomic E-state index is 0.254. The number of ether oxygens (including phenoxy) is 4. The van der Waals surface area contributed by atoms with Crippen molar-refractivity contribution < 1.29 is 18.9 Å². The molecule has 0 saturated carbocycles. The third-order valence-electron chi connectivity index (χ3n) is 3.95. The van der Waals surface area contributed by atoms with E-state index in [4.69, 9.17) is 18.9 Å². The number of hydrogen-bond donors (Lipinski definition) is 1. The van der Waals surface area contributed by atoms with Gasteiger partial charge in [0.05, 0.1) is 30.9 Å². The largest absolute Gasteiger partial charge is 0.492 e. The number of benzene rings is 1. The van der Waals surface area contributed by atoms with E-state index < -0.39 is 0 Å². The molecule has 7 nitrogen and oxygen atoms in total. The van der Waals surface area contributed by atoms with Gasteiger partial charge in [0.25, 0.3) is 0 Å². The molecule has 1 N–H and O–H groups in total. The van der Waals surface area contributed by atoms with E-state index in [0.717, 1.165) is 38.9 Å². The fourth-order valence-corrected chi connectivity index (χ4v) is 3.57. The quantitative estimate of drug-likeness (QED) is 0.700. The molecule has 0 unspecified atom stereocenters. The average molecular weight is 359 g/mol. The molecule has 0 aliphatic carbocycles. The van der Waals surface area contributed by atoms with E-state index in [1.165, 1.54) is 0 Å². The Kier molecular flexibility index (Phi) is 4.04. The Morgan fingerprint density at radius 1 is 1.16 bits per heavy atom. The van der Waals surface area contributed by atoms with Crippen LogP contribution in [-0.2, 0) is 5.75 Å². The van der Waals surface area contributed by atoms with Gasteiger partial charge in [-0.05, 0) is 6.92 Å². The maximum absolute atomic E-state index is 5.48. The van der Waals surface area contributed by atoms with Gasteiger partial charge in [0.2, 0.25) is 6.79 Å². The van der Waals surface area contributed by atoms with Gasteiger partial charge in [0, 0.05) is 29.6 Å². The molecule has 25 heavy (non-hydrogen) atoms. The van der Waals surface area contributed by atoms with Crippen LogP contribution in [0.15, 0.2) is 23.5 Å². The van der Waals surface area contributed by atoms with Crippen molar-refractivity contribution in [2.24, 2.45) is 0 Å². The van der Waals surface area contributed by atoms with Crippen molar-refractivity contribution in [3.8, 4) is 23.0 Å². The Bertz CT molecular complexity index is 900. The van der Waals surface area contributed by atoms with Crippen molar-refractivity contribution in [3.05, 3.63) is 29.6 Å². The molecule has 0 fully saturated rings. The summed E-state index contributed by atoms with van der Waals surface area (Å²) in [6.45, 7) is 2.19. The molecule has 0 atom stereocenters. The Morgan fingerprint density at radius 2 is 1.92 bits per heavy atom. The summed E-state index contributed by atoms with van der Waals surface area (Å²) in [6.07, 6.45) is 1.79. The van der Waals surface area contributed by atoms with Gasteiger partial charge in [0.1, 0.15) is 0 Å². The van der Waals surface area contributed by atoms with Gasteiger partial charge in [-0.1, -0.05) is 11.8 Å². The summed E-state index contributed by atoms with van der Waals surface area (Å²) in [4.78, 5) is 12.4. The Morgan fingerprint density at radius 3 is 2.68 bits per heavy atom. The van der Waals surface area contributed by atoms with Crippen molar-refractivity contribution in [1.82, 2.24) is 15.0 Å². The van der Waals surface area contributed by atoms with Crippen LogP contribution in [0.5, 0.6) is 23.0 Å². The van der Waals surface area contributed by atoms with E-state index in [0.29, 0.717) is 17.3 Å². The lowest BCUT2D eigenvalue weighted by Crippen LogP contribution is -2.00. The highest BCUT2D eigenvalue weighted by Gasteiger charge is 2.18. The monoisotopic (exact) mass is 359 g/mol. The standard InChI is InChI=1S/C17H17N3O4S/c1-9-6-18-12(16(22-3)15(9)21-2)7-25-17-19-10-4-13-14(24-8-23-13)5-11(10)20-17/h4-6H,7-8H2,1-3H3,(H,19,20). The molecule has 1 aliphatic heterocycles. The second kappa shape index (κ2) is 6.36. The summed E-state index contributed by atoms with van der Waals surface area (Å²) in [6, 6.07) is 3.79. The molecule has 4 rings (SSSR count). The van der Waals surface area contributed by atoms with Gasteiger partial charge in [-0.2, -0.15) is 0 Å². The molecule has 2 aromatic heterocycles. The molecule has 3 heterocycles. The summed E-state index contributed by atoms with van der Waals surface area (Å²) in [5.74, 6) is 3.43. The first-order valence-corrected chi connectivity index (χ1v) is 8.66. The topological polar surface area (TPSA) is 78.5 Å². The second-order valence-corrected chi connectivity index (χ2v) is 6.47. The average Bonchev–Trinajstić information content (AvgIpc) is 3.23. The first-order chi connectivity index (χ1) is 12.2. The smallest absolute Gasteiger partial charge is 0.231 e. The fraction of sp³-hybridized carbons (Fsp3) is 0.294. The van der Waals surface area contributed by atoms with E-state index in [2.05, 4.69) is 15.0 Å². The third-order valence-corrected chi connectivity index (χ3v) is 4.83. The number of nitrogens with one attached hydrogen (secondary N) is 1. The highest BCUT2D eigenvalue weighted by atomic mass is 32.2. The molecule has 1 aliphatic rings. The van der Waals surface area contributed by atoms with Crippen molar-refractivity contribution in [1.29, 1.82) is 0 Å². The van der Waals surface area contributed by atoms with Crippen molar-refractivity contribution >= 4 is 22.8 Å². The summed E-state index contributed by atoms with van der Waals surface area (Å²) < 4.78 is 21.7. The molecular weight excluding hydrogens is 342 g/mol. The summed E-state index contributed by atoms with van der Waals surface area (Å²) >= 11 is 1.54. The number of aromatic nitrogens is 3. The molecule has 0 saturated heterocycles. The highest BCUT2D eigenvalue weighted by molar-refractivity contribution is 7.98. The van der Waals surface area contributed by atoms with Crippen LogP contribution in [-0.4, -0.2) is 36.0 Å². The van der Waals surface area contributed by atoms with Crippen LogP contribution in [0.4, 0.5) is 0 Å². The number of imidazole rings is 1. The number of nitrogens with zero attached hydrogens (tertiary/aromatic N) is 2. The maximum atomic E-state index is 5.48. The summed E-state index contributed by atoms with van der Waals surface area (Å²) in [7, 11) is 3.25. The Hall–Kier alpha value is -2.61. The number of methoxy groups -OCH3 is 2. The van der Waals surface area contributed by atoms with Gasteiger partial charge in [-0.3, -0.25) is 4.98 Å². The SMILES string of the molecule is COc1c(C)cnc(CSc2nc3cc4c(cc3[nH]2)OCO4)c1OC. The van der Waals surface area contributed by atoms with Crippen LogP contribution in [0.3, 0.4) is 0 Å². The number of hydrogen-bond acceptors (Lipinski definition) is 7. The molecule has 0 spiro atoms. The van der Waals surface area contributed by atoms with Crippen LogP contribution in [0.25, 0.3) is 11.0 Å². The third kappa shape index (κ3) is 2.82. The lowest BCUT2D eigenvalue weighted by atomic mass is 10.2. The molecule has 3 aromatic rings. The van der Waals surface area contributed by atoms with E-state index >= 15 is 0 Å². The van der Waals surface area contributed by atoms with Gasteiger partial charge < -0.3 is 23.9 Å². The predicted molar refractivity (Wildman–Crippen MR) is 93.9 cm³/mol.